The standard InChI is InChI=1S/C17H25NO/c1-14(2)15-3-5-16(6-4-15)19-13-17-7-10-18(11-8-17)12-9-17/h3-6,14H,7-13H2,1-2H3. The van der Waals surface area contributed by atoms with E-state index in [1.54, 1.807) is 0 Å². The highest BCUT2D eigenvalue weighted by atomic mass is 16.5. The van der Waals surface area contributed by atoms with E-state index in [4.69, 9.17) is 4.74 Å². The van der Waals surface area contributed by atoms with Crippen LogP contribution in [-0.4, -0.2) is 31.1 Å². The Morgan fingerprint density at radius 1 is 1.05 bits per heavy atom. The first kappa shape index (κ1) is 13.0. The molecule has 0 atom stereocenters. The minimum Gasteiger partial charge on any atom is -0.493 e. The van der Waals surface area contributed by atoms with Gasteiger partial charge in [0, 0.05) is 5.41 Å². The molecule has 0 aromatic heterocycles. The third-order valence-electron chi connectivity index (χ3n) is 4.97. The lowest BCUT2D eigenvalue weighted by molar-refractivity contribution is -0.00766. The van der Waals surface area contributed by atoms with Crippen LogP contribution in [0.3, 0.4) is 0 Å². The van der Waals surface area contributed by atoms with Crippen molar-refractivity contribution in [2.24, 2.45) is 5.41 Å². The van der Waals surface area contributed by atoms with Crippen LogP contribution in [0.2, 0.25) is 0 Å². The summed E-state index contributed by atoms with van der Waals surface area (Å²) in [5.74, 6) is 1.63. The molecule has 3 saturated heterocycles. The van der Waals surface area contributed by atoms with E-state index < -0.39 is 0 Å². The normalized spacial score (nSPS) is 29.7. The van der Waals surface area contributed by atoms with Gasteiger partial charge in [-0.25, -0.2) is 0 Å². The van der Waals surface area contributed by atoms with Crippen LogP contribution in [0.25, 0.3) is 0 Å². The number of rotatable bonds is 4. The first-order valence-electron chi connectivity index (χ1n) is 7.62. The van der Waals surface area contributed by atoms with Crippen LogP contribution in [-0.2, 0) is 0 Å². The highest BCUT2D eigenvalue weighted by Gasteiger charge is 2.39. The van der Waals surface area contributed by atoms with Crippen molar-refractivity contribution in [3.05, 3.63) is 29.8 Å². The minimum absolute atomic E-state index is 0.464. The summed E-state index contributed by atoms with van der Waals surface area (Å²) in [6.45, 7) is 9.18. The molecule has 3 fully saturated rings. The fourth-order valence-electron chi connectivity index (χ4n) is 3.30. The highest BCUT2D eigenvalue weighted by Crippen LogP contribution is 2.40. The number of hydrogen-bond donors (Lipinski definition) is 0. The maximum Gasteiger partial charge on any atom is 0.119 e. The van der Waals surface area contributed by atoms with Crippen molar-refractivity contribution in [1.29, 1.82) is 0 Å². The van der Waals surface area contributed by atoms with Gasteiger partial charge in [-0.15, -0.1) is 0 Å². The second-order valence-corrected chi connectivity index (χ2v) is 6.60. The molecule has 1 aromatic rings. The van der Waals surface area contributed by atoms with Gasteiger partial charge in [-0.1, -0.05) is 26.0 Å². The molecule has 3 heterocycles. The predicted octanol–water partition coefficient (Wildman–Crippen LogP) is 3.67. The van der Waals surface area contributed by atoms with Crippen molar-refractivity contribution >= 4 is 0 Å². The molecule has 0 amide bonds. The Morgan fingerprint density at radius 2 is 1.63 bits per heavy atom. The summed E-state index contributed by atoms with van der Waals surface area (Å²) >= 11 is 0. The number of benzene rings is 1. The summed E-state index contributed by atoms with van der Waals surface area (Å²) < 4.78 is 6.08. The van der Waals surface area contributed by atoms with E-state index >= 15 is 0 Å². The van der Waals surface area contributed by atoms with Crippen LogP contribution in [0.5, 0.6) is 5.75 Å². The molecular weight excluding hydrogens is 234 g/mol. The molecule has 4 rings (SSSR count). The fraction of sp³-hybridized carbons (Fsp3) is 0.647. The van der Waals surface area contributed by atoms with E-state index in [0.717, 1.165) is 12.4 Å². The molecule has 104 valence electrons. The molecule has 3 aliphatic rings. The van der Waals surface area contributed by atoms with Gasteiger partial charge in [-0.3, -0.25) is 0 Å². The Kier molecular flexibility index (Phi) is 3.53. The van der Waals surface area contributed by atoms with Crippen molar-refractivity contribution in [3.8, 4) is 5.75 Å². The van der Waals surface area contributed by atoms with Gasteiger partial charge in [0.2, 0.25) is 0 Å². The molecule has 2 bridgehead atoms. The topological polar surface area (TPSA) is 12.5 Å². The van der Waals surface area contributed by atoms with Crippen LogP contribution >= 0.6 is 0 Å². The van der Waals surface area contributed by atoms with Crippen LogP contribution in [0.4, 0.5) is 0 Å². The summed E-state index contributed by atoms with van der Waals surface area (Å²) in [6, 6.07) is 8.65. The largest absolute Gasteiger partial charge is 0.493 e. The Hall–Kier alpha value is -1.02. The minimum atomic E-state index is 0.464. The summed E-state index contributed by atoms with van der Waals surface area (Å²) in [5, 5.41) is 0. The highest BCUT2D eigenvalue weighted by molar-refractivity contribution is 5.29. The van der Waals surface area contributed by atoms with Crippen LogP contribution in [0.1, 0.15) is 44.6 Å². The molecule has 3 aliphatic heterocycles. The molecule has 2 heteroatoms. The van der Waals surface area contributed by atoms with Gasteiger partial charge in [-0.2, -0.15) is 0 Å². The second kappa shape index (κ2) is 5.16. The van der Waals surface area contributed by atoms with Gasteiger partial charge in [0.1, 0.15) is 5.75 Å². The third-order valence-corrected chi connectivity index (χ3v) is 4.97. The van der Waals surface area contributed by atoms with Crippen molar-refractivity contribution < 1.29 is 4.74 Å². The molecule has 0 saturated carbocycles. The number of fused-ring (bicyclic) bond motifs is 3. The number of nitrogens with zero attached hydrogens (tertiary/aromatic N) is 1. The lowest BCUT2D eigenvalue weighted by Crippen LogP contribution is -2.50. The maximum absolute atomic E-state index is 6.08. The van der Waals surface area contributed by atoms with Crippen molar-refractivity contribution in [1.82, 2.24) is 4.90 Å². The Balaban J connectivity index is 1.59. The molecular formula is C17H25NO. The molecule has 0 spiro atoms. The fourth-order valence-corrected chi connectivity index (χ4v) is 3.30. The van der Waals surface area contributed by atoms with Crippen LogP contribution in [0.15, 0.2) is 24.3 Å². The quantitative estimate of drug-likeness (QED) is 0.818. The van der Waals surface area contributed by atoms with Crippen LogP contribution in [0, 0.1) is 5.41 Å². The zero-order valence-corrected chi connectivity index (χ0v) is 12.2. The van der Waals surface area contributed by atoms with Crippen LogP contribution < -0.4 is 4.74 Å². The molecule has 19 heavy (non-hydrogen) atoms. The van der Waals surface area contributed by atoms with E-state index in [2.05, 4.69) is 43.0 Å². The van der Waals surface area contributed by atoms with Gasteiger partial charge in [0.15, 0.2) is 0 Å². The molecule has 0 unspecified atom stereocenters. The lowest BCUT2D eigenvalue weighted by atomic mass is 9.73. The summed E-state index contributed by atoms with van der Waals surface area (Å²) in [5.41, 5.74) is 1.85. The van der Waals surface area contributed by atoms with E-state index in [1.165, 1.54) is 44.5 Å². The lowest BCUT2D eigenvalue weighted by Gasteiger charge is -2.48. The van der Waals surface area contributed by atoms with Crippen molar-refractivity contribution in [3.63, 3.8) is 0 Å². The maximum atomic E-state index is 6.08. The monoisotopic (exact) mass is 259 g/mol. The Labute approximate surface area is 116 Å². The summed E-state index contributed by atoms with van der Waals surface area (Å²) in [6.07, 6.45) is 3.95. The summed E-state index contributed by atoms with van der Waals surface area (Å²) in [7, 11) is 0. The van der Waals surface area contributed by atoms with E-state index in [-0.39, 0.29) is 0 Å². The zero-order valence-electron chi connectivity index (χ0n) is 12.2. The molecule has 1 aromatic carbocycles. The molecule has 2 nitrogen and oxygen atoms in total. The zero-order chi connectivity index (χ0) is 13.3. The average molecular weight is 259 g/mol. The second-order valence-electron chi connectivity index (χ2n) is 6.60. The van der Waals surface area contributed by atoms with Gasteiger partial charge in [0.05, 0.1) is 6.61 Å². The van der Waals surface area contributed by atoms with E-state index in [9.17, 15) is 0 Å². The van der Waals surface area contributed by atoms with Gasteiger partial charge < -0.3 is 9.64 Å². The van der Waals surface area contributed by atoms with E-state index in [1.807, 2.05) is 0 Å². The molecule has 0 aliphatic carbocycles. The summed E-state index contributed by atoms with van der Waals surface area (Å²) in [4.78, 5) is 2.58. The first-order chi connectivity index (χ1) is 9.17. The predicted molar refractivity (Wildman–Crippen MR) is 78.8 cm³/mol. The molecule has 0 N–H and O–H groups in total. The van der Waals surface area contributed by atoms with Gasteiger partial charge >= 0.3 is 0 Å². The number of hydrogen-bond acceptors (Lipinski definition) is 2. The third kappa shape index (κ3) is 2.79. The first-order valence-corrected chi connectivity index (χ1v) is 7.62. The van der Waals surface area contributed by atoms with Crippen molar-refractivity contribution in [2.75, 3.05) is 26.2 Å². The Morgan fingerprint density at radius 3 is 2.16 bits per heavy atom. The number of piperidine rings is 3. The SMILES string of the molecule is CC(C)c1ccc(OCC23CCN(CC2)CC3)cc1. The smallest absolute Gasteiger partial charge is 0.119 e. The van der Waals surface area contributed by atoms with Gasteiger partial charge in [0.25, 0.3) is 0 Å². The van der Waals surface area contributed by atoms with Crippen molar-refractivity contribution in [2.45, 2.75) is 39.0 Å². The number of ether oxygens (including phenoxy) is 1. The average Bonchev–Trinajstić information content (AvgIpc) is 2.48. The molecule has 0 radical (unpaired) electrons. The van der Waals surface area contributed by atoms with E-state index in [0.29, 0.717) is 11.3 Å². The Bertz CT molecular complexity index is 402. The van der Waals surface area contributed by atoms with Gasteiger partial charge in [-0.05, 0) is 62.5 Å².